The number of carboxylic acid groups (broad SMARTS) is 1. The Morgan fingerprint density at radius 2 is 1.82 bits per heavy atom. The lowest BCUT2D eigenvalue weighted by Crippen LogP contribution is -2.43. The van der Waals surface area contributed by atoms with E-state index in [1.165, 1.54) is 0 Å². The number of primary amides is 1. The van der Waals surface area contributed by atoms with Gasteiger partial charge in [0, 0.05) is 25.4 Å². The molecule has 7 nitrogen and oxygen atoms in total. The van der Waals surface area contributed by atoms with Crippen molar-refractivity contribution in [3.8, 4) is 0 Å². The monoisotopic (exact) mass is 245 g/mol. The predicted octanol–water partition coefficient (Wildman–Crippen LogP) is -0.340. The molecule has 0 aromatic heterocycles. The van der Waals surface area contributed by atoms with E-state index in [-0.39, 0.29) is 31.3 Å². The maximum Gasteiger partial charge on any atom is 0.315 e. The summed E-state index contributed by atoms with van der Waals surface area (Å²) in [7, 11) is 0. The molecule has 3 amide bonds. The second kappa shape index (κ2) is 7.48. The highest BCUT2D eigenvalue weighted by Gasteiger charge is 2.12. The molecule has 0 aromatic rings. The van der Waals surface area contributed by atoms with Gasteiger partial charge in [0.05, 0.1) is 0 Å². The van der Waals surface area contributed by atoms with Crippen molar-refractivity contribution in [2.45, 2.75) is 32.7 Å². The number of hydrogen-bond donors (Lipinski definition) is 4. The van der Waals surface area contributed by atoms with Gasteiger partial charge in [0.15, 0.2) is 0 Å². The summed E-state index contributed by atoms with van der Waals surface area (Å²) in [6.07, 6.45) is 0.0647. The summed E-state index contributed by atoms with van der Waals surface area (Å²) in [5.41, 5.74) is 4.97. The van der Waals surface area contributed by atoms with Gasteiger partial charge in [0.2, 0.25) is 5.91 Å². The normalized spacial score (nSPS) is 13.5. The summed E-state index contributed by atoms with van der Waals surface area (Å²) in [5.74, 6) is -1.54. The minimum Gasteiger partial charge on any atom is -0.481 e. The highest BCUT2D eigenvalue weighted by atomic mass is 16.4. The maximum atomic E-state index is 11.3. The van der Waals surface area contributed by atoms with Gasteiger partial charge in [0.25, 0.3) is 0 Å². The zero-order valence-electron chi connectivity index (χ0n) is 10.0. The molecule has 0 aromatic carbocycles. The molecule has 0 bridgehead atoms. The van der Waals surface area contributed by atoms with E-state index in [1.54, 1.807) is 13.8 Å². The van der Waals surface area contributed by atoms with Gasteiger partial charge in [-0.3, -0.25) is 9.59 Å². The van der Waals surface area contributed by atoms with Crippen molar-refractivity contribution >= 4 is 17.9 Å². The zero-order valence-corrected chi connectivity index (χ0v) is 10.0. The van der Waals surface area contributed by atoms with Crippen LogP contribution in [0.3, 0.4) is 0 Å². The molecule has 0 fully saturated rings. The first-order valence-corrected chi connectivity index (χ1v) is 5.35. The van der Waals surface area contributed by atoms with Gasteiger partial charge in [-0.15, -0.1) is 0 Å². The summed E-state index contributed by atoms with van der Waals surface area (Å²) < 4.78 is 0. The molecule has 5 N–H and O–H groups in total. The predicted molar refractivity (Wildman–Crippen MR) is 61.2 cm³/mol. The van der Waals surface area contributed by atoms with Crippen molar-refractivity contribution in [1.82, 2.24) is 10.6 Å². The van der Waals surface area contributed by atoms with E-state index in [9.17, 15) is 14.4 Å². The van der Waals surface area contributed by atoms with Crippen LogP contribution in [0, 0.1) is 5.92 Å². The molecule has 7 heteroatoms. The van der Waals surface area contributed by atoms with Crippen LogP contribution in [0.5, 0.6) is 0 Å². The first-order chi connectivity index (χ1) is 7.81. The number of carboxylic acids is 1. The second-order valence-corrected chi connectivity index (χ2v) is 4.13. The van der Waals surface area contributed by atoms with Gasteiger partial charge in [-0.05, 0) is 12.8 Å². The van der Waals surface area contributed by atoms with Crippen molar-refractivity contribution in [1.29, 1.82) is 0 Å². The molecule has 0 rings (SSSR count). The highest BCUT2D eigenvalue weighted by Crippen LogP contribution is 1.99. The lowest BCUT2D eigenvalue weighted by atomic mass is 10.1. The van der Waals surface area contributed by atoms with Crippen LogP contribution in [0.2, 0.25) is 0 Å². The molecule has 0 saturated carbocycles. The fourth-order valence-electron chi connectivity index (χ4n) is 1.26. The van der Waals surface area contributed by atoms with Crippen molar-refractivity contribution in [3.05, 3.63) is 0 Å². The largest absolute Gasteiger partial charge is 0.481 e. The number of amides is 3. The number of nitrogens with one attached hydrogen (secondary N) is 2. The Morgan fingerprint density at radius 1 is 1.24 bits per heavy atom. The first-order valence-electron chi connectivity index (χ1n) is 5.35. The van der Waals surface area contributed by atoms with E-state index in [4.69, 9.17) is 10.8 Å². The number of rotatable bonds is 7. The van der Waals surface area contributed by atoms with Crippen molar-refractivity contribution in [2.75, 3.05) is 6.54 Å². The van der Waals surface area contributed by atoms with Crippen LogP contribution in [0.25, 0.3) is 0 Å². The Labute approximate surface area is 99.7 Å². The van der Waals surface area contributed by atoms with E-state index in [1.807, 2.05) is 0 Å². The lowest BCUT2D eigenvalue weighted by molar-refractivity contribution is -0.137. The van der Waals surface area contributed by atoms with Gasteiger partial charge in [-0.1, -0.05) is 6.92 Å². The molecule has 0 radical (unpaired) electrons. The fourth-order valence-corrected chi connectivity index (χ4v) is 1.26. The minimum absolute atomic E-state index is 0.00286. The van der Waals surface area contributed by atoms with E-state index in [0.717, 1.165) is 0 Å². The van der Waals surface area contributed by atoms with Crippen LogP contribution >= 0.6 is 0 Å². The number of urea groups is 1. The van der Waals surface area contributed by atoms with Gasteiger partial charge < -0.3 is 21.5 Å². The van der Waals surface area contributed by atoms with Crippen LogP contribution in [0.15, 0.2) is 0 Å². The Morgan fingerprint density at radius 3 is 2.29 bits per heavy atom. The molecule has 2 atom stereocenters. The average Bonchev–Trinajstić information content (AvgIpc) is 2.12. The number of nitrogens with two attached hydrogens (primary N) is 1. The van der Waals surface area contributed by atoms with E-state index < -0.39 is 17.9 Å². The molecular formula is C10H19N3O4. The molecule has 2 unspecified atom stereocenters. The third-order valence-corrected chi connectivity index (χ3v) is 2.02. The SMILES string of the molecule is CC(CNC(=O)NC(C)CC(N)=O)CC(=O)O. The molecular weight excluding hydrogens is 226 g/mol. The summed E-state index contributed by atoms with van der Waals surface area (Å²) in [4.78, 5) is 32.2. The van der Waals surface area contributed by atoms with Crippen molar-refractivity contribution in [2.24, 2.45) is 11.7 Å². The van der Waals surface area contributed by atoms with Gasteiger partial charge in [-0.2, -0.15) is 0 Å². The quantitative estimate of drug-likeness (QED) is 0.490. The van der Waals surface area contributed by atoms with E-state index in [0.29, 0.717) is 0 Å². The first kappa shape index (κ1) is 15.2. The summed E-state index contributed by atoms with van der Waals surface area (Å²) in [6.45, 7) is 3.65. The molecule has 0 aliphatic rings. The molecule has 0 spiro atoms. The number of carbonyl (C=O) groups excluding carboxylic acids is 2. The van der Waals surface area contributed by atoms with Crippen molar-refractivity contribution in [3.63, 3.8) is 0 Å². The number of aliphatic carboxylic acids is 1. The summed E-state index contributed by atoms with van der Waals surface area (Å²) >= 11 is 0. The van der Waals surface area contributed by atoms with Gasteiger partial charge in [0.1, 0.15) is 0 Å². The van der Waals surface area contributed by atoms with E-state index in [2.05, 4.69) is 10.6 Å². The molecule has 0 aliphatic carbocycles. The van der Waals surface area contributed by atoms with Crippen LogP contribution in [-0.4, -0.2) is 35.6 Å². The van der Waals surface area contributed by atoms with Crippen LogP contribution in [-0.2, 0) is 9.59 Å². The Hall–Kier alpha value is -1.79. The van der Waals surface area contributed by atoms with Gasteiger partial charge >= 0.3 is 12.0 Å². The smallest absolute Gasteiger partial charge is 0.315 e. The maximum absolute atomic E-state index is 11.3. The third kappa shape index (κ3) is 9.16. The average molecular weight is 245 g/mol. The van der Waals surface area contributed by atoms with Crippen LogP contribution < -0.4 is 16.4 Å². The van der Waals surface area contributed by atoms with Gasteiger partial charge in [-0.25, -0.2) is 4.79 Å². The van der Waals surface area contributed by atoms with Crippen molar-refractivity contribution < 1.29 is 19.5 Å². The molecule has 0 heterocycles. The second-order valence-electron chi connectivity index (χ2n) is 4.13. The Bertz CT molecular complexity index is 293. The Kier molecular flexibility index (Phi) is 6.69. The molecule has 98 valence electrons. The number of carbonyl (C=O) groups is 3. The Balaban J connectivity index is 3.79. The zero-order chi connectivity index (χ0) is 13.4. The third-order valence-electron chi connectivity index (χ3n) is 2.02. The van der Waals surface area contributed by atoms with Crippen LogP contribution in [0.1, 0.15) is 26.7 Å². The summed E-state index contributed by atoms with van der Waals surface area (Å²) in [6, 6.07) is -0.779. The molecule has 17 heavy (non-hydrogen) atoms. The fraction of sp³-hybridized carbons (Fsp3) is 0.700. The van der Waals surface area contributed by atoms with E-state index >= 15 is 0 Å². The standard InChI is InChI=1S/C10H19N3O4/c1-6(3-9(15)16)5-12-10(17)13-7(2)4-8(11)14/h6-7H,3-5H2,1-2H3,(H2,11,14)(H,15,16)(H2,12,13,17). The summed E-state index contributed by atoms with van der Waals surface area (Å²) in [5, 5.41) is 13.6. The lowest BCUT2D eigenvalue weighted by Gasteiger charge is -2.14. The topological polar surface area (TPSA) is 122 Å². The number of hydrogen-bond acceptors (Lipinski definition) is 3. The highest BCUT2D eigenvalue weighted by molar-refractivity contribution is 5.77. The minimum atomic E-state index is -0.901. The molecule has 0 aliphatic heterocycles. The van der Waals surface area contributed by atoms with Crippen LogP contribution in [0.4, 0.5) is 4.79 Å². The molecule has 0 saturated heterocycles.